The lowest BCUT2D eigenvalue weighted by Crippen LogP contribution is -2.12. The first-order valence-electron chi connectivity index (χ1n) is 9.69. The van der Waals surface area contributed by atoms with E-state index in [-0.39, 0.29) is 5.91 Å². The summed E-state index contributed by atoms with van der Waals surface area (Å²) in [4.78, 5) is 16.7. The van der Waals surface area contributed by atoms with E-state index in [9.17, 15) is 4.79 Å². The number of carbonyl (C=O) groups is 1. The number of carbonyl (C=O) groups excluding carboxylic acids is 1. The normalized spacial score (nSPS) is 14.4. The van der Waals surface area contributed by atoms with E-state index in [1.54, 1.807) is 6.26 Å². The number of oxazole rings is 1. The van der Waals surface area contributed by atoms with Crippen molar-refractivity contribution in [3.8, 4) is 22.7 Å². The lowest BCUT2D eigenvalue weighted by molar-refractivity contribution is -0.116. The van der Waals surface area contributed by atoms with Crippen LogP contribution in [0.4, 0.5) is 5.69 Å². The summed E-state index contributed by atoms with van der Waals surface area (Å²) in [6.07, 6.45) is 8.48. The maximum atomic E-state index is 12.1. The average Bonchev–Trinajstić information content (AvgIpc) is 3.40. The molecule has 1 fully saturated rings. The average molecular weight is 360 g/mol. The number of amides is 1. The number of rotatable bonds is 6. The number of hydrogen-bond acceptors (Lipinski definition) is 3. The Kier molecular flexibility index (Phi) is 5.33. The molecule has 1 aromatic heterocycles. The first kappa shape index (κ1) is 17.5. The van der Waals surface area contributed by atoms with Crippen LogP contribution in [-0.2, 0) is 4.79 Å². The lowest BCUT2D eigenvalue weighted by Gasteiger charge is -2.09. The zero-order valence-electron chi connectivity index (χ0n) is 15.4. The summed E-state index contributed by atoms with van der Waals surface area (Å²) in [5.41, 5.74) is 3.54. The first-order chi connectivity index (χ1) is 13.3. The van der Waals surface area contributed by atoms with Crippen LogP contribution < -0.4 is 5.32 Å². The molecule has 0 saturated heterocycles. The highest BCUT2D eigenvalue weighted by atomic mass is 16.3. The van der Waals surface area contributed by atoms with Gasteiger partial charge in [0.1, 0.15) is 12.0 Å². The molecule has 1 aliphatic rings. The standard InChI is InChI=1S/C23H24N2O2/c26-22(15-10-17-6-4-5-7-17)24-20-13-11-19(12-14-20)23-25-21(16-27-23)18-8-2-1-3-9-18/h1-3,8-9,11-14,16-17H,4-7,10,15H2,(H,24,26). The Morgan fingerprint density at radius 2 is 1.74 bits per heavy atom. The fraction of sp³-hybridized carbons (Fsp3) is 0.304. The van der Waals surface area contributed by atoms with Gasteiger partial charge in [-0.05, 0) is 36.6 Å². The Morgan fingerprint density at radius 3 is 2.48 bits per heavy atom. The molecule has 1 heterocycles. The molecule has 0 radical (unpaired) electrons. The minimum Gasteiger partial charge on any atom is -0.444 e. The van der Waals surface area contributed by atoms with Crippen LogP contribution in [0.5, 0.6) is 0 Å². The van der Waals surface area contributed by atoms with Gasteiger partial charge in [0.15, 0.2) is 0 Å². The molecular weight excluding hydrogens is 336 g/mol. The van der Waals surface area contributed by atoms with Crippen LogP contribution >= 0.6 is 0 Å². The summed E-state index contributed by atoms with van der Waals surface area (Å²) < 4.78 is 5.62. The van der Waals surface area contributed by atoms with E-state index in [4.69, 9.17) is 4.42 Å². The van der Waals surface area contributed by atoms with Gasteiger partial charge in [-0.3, -0.25) is 4.79 Å². The molecule has 1 N–H and O–H groups in total. The number of nitrogens with one attached hydrogen (secondary N) is 1. The van der Waals surface area contributed by atoms with Gasteiger partial charge in [0.25, 0.3) is 0 Å². The summed E-state index contributed by atoms with van der Waals surface area (Å²) in [7, 11) is 0. The summed E-state index contributed by atoms with van der Waals surface area (Å²) in [6, 6.07) is 17.6. The van der Waals surface area contributed by atoms with Gasteiger partial charge in [0.2, 0.25) is 11.8 Å². The fourth-order valence-electron chi connectivity index (χ4n) is 3.70. The van der Waals surface area contributed by atoms with Crippen LogP contribution in [0.1, 0.15) is 38.5 Å². The van der Waals surface area contributed by atoms with Gasteiger partial charge in [-0.2, -0.15) is 0 Å². The second kappa shape index (κ2) is 8.21. The highest BCUT2D eigenvalue weighted by molar-refractivity contribution is 5.90. The number of hydrogen-bond donors (Lipinski definition) is 1. The summed E-state index contributed by atoms with van der Waals surface area (Å²) in [6.45, 7) is 0. The molecule has 4 heteroatoms. The largest absolute Gasteiger partial charge is 0.444 e. The molecule has 1 amide bonds. The van der Waals surface area contributed by atoms with Crippen molar-refractivity contribution in [1.29, 1.82) is 0 Å². The van der Waals surface area contributed by atoms with Crippen molar-refractivity contribution < 1.29 is 9.21 Å². The van der Waals surface area contributed by atoms with E-state index < -0.39 is 0 Å². The third kappa shape index (κ3) is 4.45. The molecular formula is C23H24N2O2. The molecule has 138 valence electrons. The molecule has 1 saturated carbocycles. The quantitative estimate of drug-likeness (QED) is 0.594. The highest BCUT2D eigenvalue weighted by Crippen LogP contribution is 2.29. The number of benzene rings is 2. The Labute approximate surface area is 159 Å². The van der Waals surface area contributed by atoms with Crippen LogP contribution in [0.3, 0.4) is 0 Å². The van der Waals surface area contributed by atoms with Crippen LogP contribution in [0.15, 0.2) is 65.3 Å². The molecule has 0 atom stereocenters. The molecule has 0 spiro atoms. The maximum Gasteiger partial charge on any atom is 0.226 e. The Balaban J connectivity index is 1.36. The van der Waals surface area contributed by atoms with E-state index in [0.717, 1.165) is 34.8 Å². The summed E-state index contributed by atoms with van der Waals surface area (Å²) in [5.74, 6) is 1.41. The third-order valence-corrected chi connectivity index (χ3v) is 5.24. The van der Waals surface area contributed by atoms with Crippen molar-refractivity contribution in [3.05, 3.63) is 60.9 Å². The zero-order chi connectivity index (χ0) is 18.5. The second-order valence-corrected chi connectivity index (χ2v) is 7.22. The van der Waals surface area contributed by atoms with Gasteiger partial charge in [0.05, 0.1) is 0 Å². The van der Waals surface area contributed by atoms with Crippen LogP contribution in [0.2, 0.25) is 0 Å². The minimum absolute atomic E-state index is 0.0946. The second-order valence-electron chi connectivity index (χ2n) is 7.22. The van der Waals surface area contributed by atoms with E-state index in [2.05, 4.69) is 10.3 Å². The minimum atomic E-state index is 0.0946. The van der Waals surface area contributed by atoms with E-state index in [1.807, 2.05) is 54.6 Å². The number of aromatic nitrogens is 1. The van der Waals surface area contributed by atoms with Crippen LogP contribution in [0.25, 0.3) is 22.7 Å². The predicted molar refractivity (Wildman–Crippen MR) is 107 cm³/mol. The van der Waals surface area contributed by atoms with Crippen LogP contribution in [-0.4, -0.2) is 10.9 Å². The van der Waals surface area contributed by atoms with Crippen molar-refractivity contribution in [1.82, 2.24) is 4.98 Å². The topological polar surface area (TPSA) is 55.1 Å². The van der Waals surface area contributed by atoms with Gasteiger partial charge in [0, 0.05) is 23.2 Å². The van der Waals surface area contributed by atoms with Gasteiger partial charge < -0.3 is 9.73 Å². The molecule has 0 unspecified atom stereocenters. The summed E-state index contributed by atoms with van der Waals surface area (Å²) in [5, 5.41) is 2.99. The molecule has 0 aliphatic heterocycles. The Hall–Kier alpha value is -2.88. The van der Waals surface area contributed by atoms with Crippen molar-refractivity contribution in [2.75, 3.05) is 5.32 Å². The number of nitrogens with zero attached hydrogens (tertiary/aromatic N) is 1. The van der Waals surface area contributed by atoms with Gasteiger partial charge >= 0.3 is 0 Å². The van der Waals surface area contributed by atoms with E-state index in [0.29, 0.717) is 12.3 Å². The Morgan fingerprint density at radius 1 is 1.00 bits per heavy atom. The Bertz CT molecular complexity index is 878. The number of anilines is 1. The van der Waals surface area contributed by atoms with Gasteiger partial charge in [-0.25, -0.2) is 4.98 Å². The van der Waals surface area contributed by atoms with E-state index in [1.165, 1.54) is 25.7 Å². The van der Waals surface area contributed by atoms with E-state index >= 15 is 0 Å². The van der Waals surface area contributed by atoms with Crippen molar-refractivity contribution in [3.63, 3.8) is 0 Å². The molecule has 3 aromatic rings. The maximum absolute atomic E-state index is 12.1. The molecule has 2 aromatic carbocycles. The SMILES string of the molecule is O=C(CCC1CCCC1)Nc1ccc(-c2nc(-c3ccccc3)co2)cc1. The van der Waals surface area contributed by atoms with Crippen molar-refractivity contribution >= 4 is 11.6 Å². The van der Waals surface area contributed by atoms with Crippen molar-refractivity contribution in [2.24, 2.45) is 5.92 Å². The molecule has 0 bridgehead atoms. The van der Waals surface area contributed by atoms with Crippen molar-refractivity contribution in [2.45, 2.75) is 38.5 Å². The molecule has 27 heavy (non-hydrogen) atoms. The van der Waals surface area contributed by atoms with Gasteiger partial charge in [-0.1, -0.05) is 56.0 Å². The highest BCUT2D eigenvalue weighted by Gasteiger charge is 2.16. The monoisotopic (exact) mass is 360 g/mol. The first-order valence-corrected chi connectivity index (χ1v) is 9.69. The van der Waals surface area contributed by atoms with Gasteiger partial charge in [-0.15, -0.1) is 0 Å². The predicted octanol–water partition coefficient (Wildman–Crippen LogP) is 5.92. The summed E-state index contributed by atoms with van der Waals surface area (Å²) >= 11 is 0. The molecule has 1 aliphatic carbocycles. The lowest BCUT2D eigenvalue weighted by atomic mass is 10.0. The zero-order valence-corrected chi connectivity index (χ0v) is 15.4. The van der Waals surface area contributed by atoms with Crippen LogP contribution in [0, 0.1) is 5.92 Å². The third-order valence-electron chi connectivity index (χ3n) is 5.24. The molecule has 4 rings (SSSR count). The smallest absolute Gasteiger partial charge is 0.226 e. The molecule has 4 nitrogen and oxygen atoms in total. The fourth-order valence-corrected chi connectivity index (χ4v) is 3.70.